The number of para-hydroxylation sites is 2. The van der Waals surface area contributed by atoms with Crippen molar-refractivity contribution in [3.63, 3.8) is 0 Å². The van der Waals surface area contributed by atoms with Crippen molar-refractivity contribution >= 4 is 49.2 Å². The highest BCUT2D eigenvalue weighted by Crippen LogP contribution is 2.39. The van der Waals surface area contributed by atoms with E-state index in [0.717, 1.165) is 32.9 Å². The molecule has 0 aliphatic rings. The lowest BCUT2D eigenvalue weighted by Crippen LogP contribution is -2.32. The molecule has 0 aliphatic heterocycles. The molecule has 0 aliphatic carbocycles. The van der Waals surface area contributed by atoms with Gasteiger partial charge in [0.25, 0.3) is 0 Å². The maximum atomic E-state index is 7.85. The molecule has 0 saturated carbocycles. The Labute approximate surface area is 240 Å². The summed E-state index contributed by atoms with van der Waals surface area (Å²) in [4.78, 5) is 3.88. The van der Waals surface area contributed by atoms with Crippen LogP contribution in [0.1, 0.15) is 31.9 Å². The molecule has 0 spiro atoms. The molecule has 198 valence electrons. The molecule has 0 unspecified atom stereocenters. The van der Waals surface area contributed by atoms with Crippen LogP contribution in [-0.4, -0.2) is 4.57 Å². The van der Waals surface area contributed by atoms with E-state index in [1.165, 1.54) is 38.7 Å². The second kappa shape index (κ2) is 9.04. The van der Waals surface area contributed by atoms with E-state index in [0.29, 0.717) is 5.69 Å². The minimum absolute atomic E-state index is 0.0267. The van der Waals surface area contributed by atoms with Crippen LogP contribution in [0.25, 0.3) is 65.3 Å². The van der Waals surface area contributed by atoms with E-state index in [-0.39, 0.29) is 5.41 Å². The normalized spacial score (nSPS) is 12.0. The van der Waals surface area contributed by atoms with Crippen molar-refractivity contribution in [2.24, 2.45) is 7.05 Å². The summed E-state index contributed by atoms with van der Waals surface area (Å²) >= 11 is 0. The standard InChI is InChI=1S/C38H32N3/c1-24-27-12-7-8-13-28(27)32(38(2,3)4)23-31(24)35-20-18-25-22-26(19-21-34(25)40(35)6)41-36-17-10-9-14-29(36)30-15-11-16-33(39-5)37(30)41/h7-23H,1-4,6H3/q+1. The zero-order valence-corrected chi connectivity index (χ0v) is 24.2. The zero-order valence-electron chi connectivity index (χ0n) is 24.2. The summed E-state index contributed by atoms with van der Waals surface area (Å²) in [5.41, 5.74) is 10.1. The van der Waals surface area contributed by atoms with Gasteiger partial charge < -0.3 is 4.57 Å². The first-order chi connectivity index (χ1) is 19.8. The van der Waals surface area contributed by atoms with Crippen LogP contribution >= 0.6 is 0 Å². The minimum atomic E-state index is 0.0267. The molecule has 2 heterocycles. The smallest absolute Gasteiger partial charge is 0.213 e. The van der Waals surface area contributed by atoms with Gasteiger partial charge in [-0.2, -0.15) is 4.57 Å². The Hall–Kier alpha value is -4.94. The Morgan fingerprint density at radius 2 is 1.44 bits per heavy atom. The third-order valence-electron chi connectivity index (χ3n) is 8.60. The maximum Gasteiger partial charge on any atom is 0.213 e. The van der Waals surface area contributed by atoms with Crippen LogP contribution in [0.5, 0.6) is 0 Å². The number of nitrogens with zero attached hydrogens (tertiary/aromatic N) is 3. The number of aryl methyl sites for hydroxylation is 2. The van der Waals surface area contributed by atoms with Gasteiger partial charge in [-0.3, -0.25) is 0 Å². The lowest BCUT2D eigenvalue weighted by Gasteiger charge is -2.24. The van der Waals surface area contributed by atoms with E-state index in [4.69, 9.17) is 6.57 Å². The van der Waals surface area contributed by atoms with Gasteiger partial charge in [0.15, 0.2) is 0 Å². The Morgan fingerprint density at radius 3 is 2.20 bits per heavy atom. The fourth-order valence-corrected chi connectivity index (χ4v) is 6.57. The largest absolute Gasteiger partial charge is 0.319 e. The van der Waals surface area contributed by atoms with Crippen LogP contribution in [0, 0.1) is 13.5 Å². The molecule has 7 aromatic rings. The molecule has 2 aromatic heterocycles. The van der Waals surface area contributed by atoms with E-state index < -0.39 is 0 Å². The molecule has 7 rings (SSSR count). The Balaban J connectivity index is 1.46. The molecule has 0 fully saturated rings. The summed E-state index contributed by atoms with van der Waals surface area (Å²) in [5, 5.41) is 6.08. The van der Waals surface area contributed by atoms with Crippen molar-refractivity contribution in [1.29, 1.82) is 0 Å². The van der Waals surface area contributed by atoms with Crippen molar-refractivity contribution in [2.45, 2.75) is 33.1 Å². The van der Waals surface area contributed by atoms with Gasteiger partial charge in [-0.15, -0.1) is 0 Å². The first-order valence-corrected chi connectivity index (χ1v) is 14.1. The topological polar surface area (TPSA) is 13.2 Å². The van der Waals surface area contributed by atoms with Crippen LogP contribution in [0.15, 0.2) is 103 Å². The van der Waals surface area contributed by atoms with Gasteiger partial charge in [0, 0.05) is 34.2 Å². The Kier molecular flexibility index (Phi) is 5.53. The fourth-order valence-electron chi connectivity index (χ4n) is 6.57. The highest BCUT2D eigenvalue weighted by molar-refractivity contribution is 6.13. The molecule has 0 amide bonds. The molecule has 41 heavy (non-hydrogen) atoms. The van der Waals surface area contributed by atoms with Crippen molar-refractivity contribution in [3.8, 4) is 16.9 Å². The highest BCUT2D eigenvalue weighted by Gasteiger charge is 2.24. The van der Waals surface area contributed by atoms with E-state index >= 15 is 0 Å². The second-order valence-electron chi connectivity index (χ2n) is 12.1. The average Bonchev–Trinajstić information content (AvgIpc) is 3.32. The Bertz CT molecular complexity index is 2220. The van der Waals surface area contributed by atoms with Gasteiger partial charge in [-0.05, 0) is 70.0 Å². The number of fused-ring (bicyclic) bond motifs is 5. The molecule has 3 heteroatoms. The van der Waals surface area contributed by atoms with Crippen molar-refractivity contribution in [1.82, 2.24) is 4.57 Å². The first-order valence-electron chi connectivity index (χ1n) is 14.1. The summed E-state index contributed by atoms with van der Waals surface area (Å²) in [5.74, 6) is 0. The third kappa shape index (κ3) is 3.75. The predicted octanol–water partition coefficient (Wildman–Crippen LogP) is 9.74. The van der Waals surface area contributed by atoms with Crippen LogP contribution in [0.3, 0.4) is 0 Å². The summed E-state index contributed by atoms with van der Waals surface area (Å²) in [6.07, 6.45) is 0. The zero-order chi connectivity index (χ0) is 28.5. The number of pyridine rings is 1. The number of rotatable bonds is 2. The SMILES string of the molecule is [C-]#[N+]c1cccc2c3ccccc3n(-c3ccc4c(ccc(-c5cc(C(C)(C)C)c6ccccc6c5C)[n+]4C)c3)c12. The fraction of sp³-hybridized carbons (Fsp3) is 0.158. The molecular formula is C38H32N3+. The van der Waals surface area contributed by atoms with E-state index in [2.05, 4.69) is 140 Å². The lowest BCUT2D eigenvalue weighted by atomic mass is 9.80. The first kappa shape index (κ1) is 25.1. The Morgan fingerprint density at radius 1 is 0.732 bits per heavy atom. The molecule has 0 N–H and O–H groups in total. The third-order valence-corrected chi connectivity index (χ3v) is 8.60. The van der Waals surface area contributed by atoms with Gasteiger partial charge in [-0.25, -0.2) is 4.85 Å². The van der Waals surface area contributed by atoms with Gasteiger partial charge in [0.2, 0.25) is 16.9 Å². The molecule has 3 nitrogen and oxygen atoms in total. The van der Waals surface area contributed by atoms with Crippen molar-refractivity contribution in [3.05, 3.63) is 126 Å². The van der Waals surface area contributed by atoms with Crippen LogP contribution < -0.4 is 4.57 Å². The summed E-state index contributed by atoms with van der Waals surface area (Å²) in [6, 6.07) is 36.8. The van der Waals surface area contributed by atoms with E-state index in [9.17, 15) is 0 Å². The number of aromatic nitrogens is 2. The summed E-state index contributed by atoms with van der Waals surface area (Å²) in [7, 11) is 2.17. The van der Waals surface area contributed by atoms with Crippen LogP contribution in [0.4, 0.5) is 5.69 Å². The van der Waals surface area contributed by atoms with Gasteiger partial charge in [0.1, 0.15) is 7.05 Å². The number of hydrogen-bond acceptors (Lipinski definition) is 0. The van der Waals surface area contributed by atoms with Gasteiger partial charge in [-0.1, -0.05) is 81.4 Å². The quantitative estimate of drug-likeness (QED) is 0.156. The van der Waals surface area contributed by atoms with Gasteiger partial charge >= 0.3 is 0 Å². The average molecular weight is 531 g/mol. The number of hydrogen-bond donors (Lipinski definition) is 0. The highest BCUT2D eigenvalue weighted by atomic mass is 15.0. The molecular weight excluding hydrogens is 498 g/mol. The minimum Gasteiger partial charge on any atom is -0.319 e. The van der Waals surface area contributed by atoms with Crippen LogP contribution in [0.2, 0.25) is 0 Å². The predicted molar refractivity (Wildman–Crippen MR) is 172 cm³/mol. The molecule has 0 atom stereocenters. The lowest BCUT2D eigenvalue weighted by molar-refractivity contribution is -0.633. The van der Waals surface area contributed by atoms with Gasteiger partial charge in [0.05, 0.1) is 17.6 Å². The van der Waals surface area contributed by atoms with E-state index in [1.807, 2.05) is 12.1 Å². The molecule has 0 bridgehead atoms. The monoisotopic (exact) mass is 530 g/mol. The van der Waals surface area contributed by atoms with Crippen molar-refractivity contribution in [2.75, 3.05) is 0 Å². The van der Waals surface area contributed by atoms with Crippen molar-refractivity contribution < 1.29 is 4.57 Å². The molecule has 0 saturated heterocycles. The summed E-state index contributed by atoms with van der Waals surface area (Å²) < 4.78 is 4.56. The van der Waals surface area contributed by atoms with E-state index in [1.54, 1.807) is 0 Å². The second-order valence-corrected chi connectivity index (χ2v) is 12.1. The molecule has 0 radical (unpaired) electrons. The summed E-state index contributed by atoms with van der Waals surface area (Å²) in [6.45, 7) is 17.0. The molecule has 5 aromatic carbocycles. The van der Waals surface area contributed by atoms with Crippen LogP contribution in [-0.2, 0) is 12.5 Å². The number of benzene rings is 5. The maximum absolute atomic E-state index is 7.85.